The SMILES string of the molecule is CCC(=O)OC.[K]. The Bertz CT molecular complexity index is 47.7. The van der Waals surface area contributed by atoms with Crippen LogP contribution in [0.4, 0.5) is 0 Å². The van der Waals surface area contributed by atoms with Crippen LogP contribution in [-0.2, 0) is 9.53 Å². The summed E-state index contributed by atoms with van der Waals surface area (Å²) >= 11 is 0. The van der Waals surface area contributed by atoms with Crippen molar-refractivity contribution < 1.29 is 9.53 Å². The molecule has 0 saturated carbocycles. The van der Waals surface area contributed by atoms with Crippen molar-refractivity contribution >= 4 is 57.4 Å². The molecule has 0 amide bonds. The normalized spacial score (nSPS) is 6.57. The minimum absolute atomic E-state index is 0. The Balaban J connectivity index is 0. The first kappa shape index (κ1) is 11.0. The maximum atomic E-state index is 9.96. The second-order valence-corrected chi connectivity index (χ2v) is 0.930. The smallest absolute Gasteiger partial charge is 0.305 e. The Morgan fingerprint density at radius 1 is 1.71 bits per heavy atom. The summed E-state index contributed by atoms with van der Waals surface area (Å²) in [5.74, 6) is -0.157. The van der Waals surface area contributed by atoms with Crippen molar-refractivity contribution in [3.05, 3.63) is 0 Å². The summed E-state index contributed by atoms with van der Waals surface area (Å²) in [6.45, 7) is 1.76. The summed E-state index contributed by atoms with van der Waals surface area (Å²) in [6.07, 6.45) is 0.469. The fourth-order valence-corrected chi connectivity index (χ4v) is 0.144. The molecule has 0 N–H and O–H groups in total. The number of carbonyl (C=O) groups excluding carboxylic acids is 1. The van der Waals surface area contributed by atoms with E-state index in [0.29, 0.717) is 6.42 Å². The average molecular weight is 127 g/mol. The van der Waals surface area contributed by atoms with Gasteiger partial charge in [0.15, 0.2) is 0 Å². The Labute approximate surface area is 86.0 Å². The summed E-state index contributed by atoms with van der Waals surface area (Å²) in [6, 6.07) is 0. The molecular weight excluding hydrogens is 119 g/mol. The van der Waals surface area contributed by atoms with Crippen LogP contribution in [0.3, 0.4) is 0 Å². The van der Waals surface area contributed by atoms with E-state index in [-0.39, 0.29) is 57.4 Å². The zero-order valence-electron chi connectivity index (χ0n) is 5.02. The van der Waals surface area contributed by atoms with Gasteiger partial charge in [0, 0.05) is 57.8 Å². The first-order valence-electron chi connectivity index (χ1n) is 1.88. The van der Waals surface area contributed by atoms with Crippen LogP contribution in [0.15, 0.2) is 0 Å². The van der Waals surface area contributed by atoms with E-state index < -0.39 is 0 Å². The summed E-state index contributed by atoms with van der Waals surface area (Å²) < 4.78 is 4.26. The molecule has 0 aromatic rings. The first-order valence-corrected chi connectivity index (χ1v) is 1.88. The summed E-state index contributed by atoms with van der Waals surface area (Å²) in [7, 11) is 1.38. The van der Waals surface area contributed by atoms with Gasteiger partial charge in [0.1, 0.15) is 0 Å². The molecule has 0 rings (SSSR count). The van der Waals surface area contributed by atoms with E-state index >= 15 is 0 Å². The summed E-state index contributed by atoms with van der Waals surface area (Å²) in [4.78, 5) is 9.96. The van der Waals surface area contributed by atoms with E-state index in [2.05, 4.69) is 4.74 Å². The number of esters is 1. The molecule has 37 valence electrons. The molecule has 0 saturated heterocycles. The standard InChI is InChI=1S/C4H8O2.K/c1-3-4(5)6-2;/h3H2,1-2H3;. The van der Waals surface area contributed by atoms with E-state index in [0.717, 1.165) is 0 Å². The molecule has 7 heavy (non-hydrogen) atoms. The van der Waals surface area contributed by atoms with E-state index in [9.17, 15) is 4.79 Å². The molecule has 0 unspecified atom stereocenters. The second kappa shape index (κ2) is 7.11. The third-order valence-corrected chi connectivity index (χ3v) is 0.516. The van der Waals surface area contributed by atoms with Crippen LogP contribution in [0.1, 0.15) is 13.3 Å². The van der Waals surface area contributed by atoms with Crippen LogP contribution in [0, 0.1) is 0 Å². The van der Waals surface area contributed by atoms with Gasteiger partial charge in [0.05, 0.1) is 7.11 Å². The molecule has 0 fully saturated rings. The van der Waals surface area contributed by atoms with Crippen molar-refractivity contribution in [2.24, 2.45) is 0 Å². The number of hydrogen-bond acceptors (Lipinski definition) is 2. The van der Waals surface area contributed by atoms with Gasteiger partial charge in [-0.05, 0) is 0 Å². The van der Waals surface area contributed by atoms with E-state index in [1.54, 1.807) is 6.92 Å². The van der Waals surface area contributed by atoms with Crippen LogP contribution in [0.25, 0.3) is 0 Å². The predicted octanol–water partition coefficient (Wildman–Crippen LogP) is 0.189. The molecule has 0 atom stereocenters. The van der Waals surface area contributed by atoms with Crippen LogP contribution in [0.5, 0.6) is 0 Å². The maximum absolute atomic E-state index is 9.96. The van der Waals surface area contributed by atoms with Gasteiger partial charge >= 0.3 is 5.97 Å². The average Bonchev–Trinajstić information content (AvgIpc) is 1.65. The summed E-state index contributed by atoms with van der Waals surface area (Å²) in [5, 5.41) is 0. The Kier molecular flexibility index (Phi) is 11.1. The van der Waals surface area contributed by atoms with Crippen molar-refractivity contribution in [3.8, 4) is 0 Å². The van der Waals surface area contributed by atoms with Crippen molar-refractivity contribution in [2.45, 2.75) is 13.3 Å². The minimum Gasteiger partial charge on any atom is -0.469 e. The van der Waals surface area contributed by atoms with Crippen LogP contribution in [0.2, 0.25) is 0 Å². The minimum atomic E-state index is -0.157. The Morgan fingerprint density at radius 3 is 2.14 bits per heavy atom. The number of methoxy groups -OCH3 is 1. The molecule has 1 radical (unpaired) electrons. The Morgan fingerprint density at radius 2 is 2.14 bits per heavy atom. The number of rotatable bonds is 1. The van der Waals surface area contributed by atoms with E-state index in [1.807, 2.05) is 0 Å². The van der Waals surface area contributed by atoms with Crippen LogP contribution in [-0.4, -0.2) is 64.5 Å². The van der Waals surface area contributed by atoms with E-state index in [4.69, 9.17) is 0 Å². The first-order chi connectivity index (χ1) is 2.81. The molecule has 0 bridgehead atoms. The predicted molar refractivity (Wildman–Crippen MR) is 28.1 cm³/mol. The fraction of sp³-hybridized carbons (Fsp3) is 0.750. The van der Waals surface area contributed by atoms with Gasteiger partial charge in [-0.15, -0.1) is 0 Å². The number of hydrogen-bond donors (Lipinski definition) is 0. The third kappa shape index (κ3) is 7.11. The van der Waals surface area contributed by atoms with Crippen LogP contribution < -0.4 is 0 Å². The van der Waals surface area contributed by atoms with Gasteiger partial charge in [0.2, 0.25) is 0 Å². The molecule has 2 nitrogen and oxygen atoms in total. The van der Waals surface area contributed by atoms with Crippen molar-refractivity contribution in [3.63, 3.8) is 0 Å². The third-order valence-electron chi connectivity index (χ3n) is 0.516. The Hall–Kier alpha value is 1.11. The number of carbonyl (C=O) groups is 1. The molecule has 0 aromatic carbocycles. The molecule has 0 aliphatic heterocycles. The zero-order chi connectivity index (χ0) is 4.99. The van der Waals surface area contributed by atoms with Gasteiger partial charge in [0.25, 0.3) is 0 Å². The van der Waals surface area contributed by atoms with Crippen LogP contribution >= 0.6 is 0 Å². The monoisotopic (exact) mass is 127 g/mol. The van der Waals surface area contributed by atoms with Crippen molar-refractivity contribution in [1.29, 1.82) is 0 Å². The molecule has 0 aromatic heterocycles. The molecule has 0 spiro atoms. The van der Waals surface area contributed by atoms with Gasteiger partial charge < -0.3 is 4.74 Å². The molecular formula is C4H8KO2. The molecule has 3 heteroatoms. The fourth-order valence-electron chi connectivity index (χ4n) is 0.144. The molecule has 0 heterocycles. The summed E-state index contributed by atoms with van der Waals surface area (Å²) in [5.41, 5.74) is 0. The second-order valence-electron chi connectivity index (χ2n) is 0.930. The van der Waals surface area contributed by atoms with Gasteiger partial charge in [-0.1, -0.05) is 6.92 Å². The molecule has 0 aliphatic rings. The topological polar surface area (TPSA) is 26.3 Å². The van der Waals surface area contributed by atoms with Crippen molar-refractivity contribution in [1.82, 2.24) is 0 Å². The largest absolute Gasteiger partial charge is 0.469 e. The molecule has 0 aliphatic carbocycles. The van der Waals surface area contributed by atoms with Crippen molar-refractivity contribution in [2.75, 3.05) is 7.11 Å². The van der Waals surface area contributed by atoms with E-state index in [1.165, 1.54) is 7.11 Å². The maximum Gasteiger partial charge on any atom is 0.305 e. The van der Waals surface area contributed by atoms with Gasteiger partial charge in [-0.3, -0.25) is 4.79 Å². The quantitative estimate of drug-likeness (QED) is 0.371. The number of ether oxygens (including phenoxy) is 1. The van der Waals surface area contributed by atoms with Gasteiger partial charge in [-0.25, -0.2) is 0 Å². The van der Waals surface area contributed by atoms with Gasteiger partial charge in [-0.2, -0.15) is 0 Å². The zero-order valence-corrected chi connectivity index (χ0v) is 8.15.